The molecule has 0 aliphatic heterocycles. The van der Waals surface area contributed by atoms with Gasteiger partial charge in [0.25, 0.3) is 0 Å². The molecule has 2 aromatic rings. The van der Waals surface area contributed by atoms with Gasteiger partial charge in [0.1, 0.15) is 0 Å². The highest BCUT2D eigenvalue weighted by Gasteiger charge is 2.40. The highest BCUT2D eigenvalue weighted by molar-refractivity contribution is 5.19. The van der Waals surface area contributed by atoms with Gasteiger partial charge in [-0.2, -0.15) is 0 Å². The number of hydrogen-bond acceptors (Lipinski definition) is 2. The van der Waals surface area contributed by atoms with E-state index >= 15 is 0 Å². The van der Waals surface area contributed by atoms with Gasteiger partial charge in [0, 0.05) is 26.1 Å². The average molecular weight is 411 g/mol. The van der Waals surface area contributed by atoms with E-state index in [-0.39, 0.29) is 0 Å². The molecule has 0 heterocycles. The normalized spacial score (nSPS) is 14.4. The van der Waals surface area contributed by atoms with E-state index in [1.807, 2.05) is 7.11 Å². The summed E-state index contributed by atoms with van der Waals surface area (Å²) >= 11 is 0. The van der Waals surface area contributed by atoms with Crippen molar-refractivity contribution in [2.24, 2.45) is 5.92 Å². The third-order valence-corrected chi connectivity index (χ3v) is 6.04. The van der Waals surface area contributed by atoms with Crippen LogP contribution in [-0.2, 0) is 22.3 Å². The fourth-order valence-corrected chi connectivity index (χ4v) is 4.31. The van der Waals surface area contributed by atoms with Gasteiger partial charge in [0.05, 0.1) is 0 Å². The van der Waals surface area contributed by atoms with Gasteiger partial charge in [-0.25, -0.2) is 0 Å². The predicted molar refractivity (Wildman–Crippen MR) is 128 cm³/mol. The molecule has 0 saturated carbocycles. The minimum Gasteiger partial charge on any atom is -0.353 e. The highest BCUT2D eigenvalue weighted by atomic mass is 16.7. The molecule has 0 aliphatic carbocycles. The smallest absolute Gasteiger partial charge is 0.175 e. The van der Waals surface area contributed by atoms with E-state index in [1.54, 1.807) is 0 Å². The van der Waals surface area contributed by atoms with Gasteiger partial charge < -0.3 is 9.47 Å². The van der Waals surface area contributed by atoms with Crippen molar-refractivity contribution in [1.82, 2.24) is 0 Å². The summed E-state index contributed by atoms with van der Waals surface area (Å²) in [7, 11) is 1.83. The van der Waals surface area contributed by atoms with Crippen LogP contribution in [0.15, 0.2) is 60.7 Å². The Bertz CT molecular complexity index is 655. The zero-order valence-electron chi connectivity index (χ0n) is 19.4. The molecule has 2 heteroatoms. The average Bonchev–Trinajstić information content (AvgIpc) is 2.79. The molecule has 2 nitrogen and oxygen atoms in total. The monoisotopic (exact) mass is 410 g/mol. The van der Waals surface area contributed by atoms with Gasteiger partial charge >= 0.3 is 0 Å². The zero-order chi connectivity index (χ0) is 21.5. The largest absolute Gasteiger partial charge is 0.353 e. The van der Waals surface area contributed by atoms with Crippen molar-refractivity contribution in [2.45, 2.75) is 83.8 Å². The number of ether oxygens (including phenoxy) is 2. The van der Waals surface area contributed by atoms with Gasteiger partial charge in [0.2, 0.25) is 0 Å². The first-order valence-electron chi connectivity index (χ1n) is 12.0. The Labute approximate surface area is 185 Å². The summed E-state index contributed by atoms with van der Waals surface area (Å²) in [5, 5.41) is 0. The van der Waals surface area contributed by atoms with Crippen molar-refractivity contribution in [3.8, 4) is 0 Å². The molecule has 0 fully saturated rings. The molecule has 166 valence electrons. The molecular weight excluding hydrogens is 368 g/mol. The van der Waals surface area contributed by atoms with Crippen molar-refractivity contribution in [3.05, 3.63) is 71.8 Å². The standard InChI is InChI=1S/C28H42O2/c1-4-6-7-8-9-16-21-27(23-25-17-12-10-13-18-25)28(29-3,30-22-5-2)24-26-19-14-11-15-20-26/h10-15,17-20,27H,4-9,16,21-24H2,1-3H3. The summed E-state index contributed by atoms with van der Waals surface area (Å²) in [6, 6.07) is 21.5. The molecule has 0 amide bonds. The Morgan fingerprint density at radius 2 is 1.33 bits per heavy atom. The molecule has 0 bridgehead atoms. The van der Waals surface area contributed by atoms with Crippen LogP contribution < -0.4 is 0 Å². The lowest BCUT2D eigenvalue weighted by Crippen LogP contribution is -2.46. The van der Waals surface area contributed by atoms with Crippen molar-refractivity contribution >= 4 is 0 Å². The van der Waals surface area contributed by atoms with E-state index < -0.39 is 5.79 Å². The number of hydrogen-bond donors (Lipinski definition) is 0. The van der Waals surface area contributed by atoms with Crippen molar-refractivity contribution in [1.29, 1.82) is 0 Å². The number of rotatable bonds is 16. The Balaban J connectivity index is 2.20. The molecule has 0 aliphatic rings. The van der Waals surface area contributed by atoms with E-state index in [9.17, 15) is 0 Å². The van der Waals surface area contributed by atoms with E-state index in [2.05, 4.69) is 74.5 Å². The Hall–Kier alpha value is -1.64. The molecule has 0 aromatic heterocycles. The van der Waals surface area contributed by atoms with Crippen molar-refractivity contribution in [2.75, 3.05) is 13.7 Å². The second kappa shape index (κ2) is 14.4. The maximum Gasteiger partial charge on any atom is 0.175 e. The molecule has 0 radical (unpaired) electrons. The summed E-state index contributed by atoms with van der Waals surface area (Å²) < 4.78 is 12.8. The van der Waals surface area contributed by atoms with E-state index in [0.29, 0.717) is 5.92 Å². The summed E-state index contributed by atoms with van der Waals surface area (Å²) in [5.74, 6) is -0.265. The molecule has 2 rings (SSSR count). The summed E-state index contributed by atoms with van der Waals surface area (Å²) in [6.07, 6.45) is 11.8. The first kappa shape index (κ1) is 24.6. The van der Waals surface area contributed by atoms with Crippen molar-refractivity contribution in [3.63, 3.8) is 0 Å². The van der Waals surface area contributed by atoms with E-state index in [4.69, 9.17) is 9.47 Å². The fraction of sp³-hybridized carbons (Fsp3) is 0.571. The second-order valence-corrected chi connectivity index (χ2v) is 8.47. The quantitative estimate of drug-likeness (QED) is 0.209. The maximum absolute atomic E-state index is 6.54. The molecule has 2 unspecified atom stereocenters. The van der Waals surface area contributed by atoms with Gasteiger partial charge in [0.15, 0.2) is 5.79 Å². The van der Waals surface area contributed by atoms with Crippen LogP contribution in [0.1, 0.15) is 76.3 Å². The number of unbranched alkanes of at least 4 members (excludes halogenated alkanes) is 5. The molecule has 0 saturated heterocycles. The van der Waals surface area contributed by atoms with Gasteiger partial charge in [-0.3, -0.25) is 0 Å². The SMILES string of the molecule is CCCCCCCCC(Cc1ccccc1)C(Cc1ccccc1)(OC)OCCC. The third kappa shape index (κ3) is 8.24. The Morgan fingerprint density at radius 3 is 1.93 bits per heavy atom. The number of methoxy groups -OCH3 is 1. The van der Waals surface area contributed by atoms with Gasteiger partial charge in [-0.15, -0.1) is 0 Å². The fourth-order valence-electron chi connectivity index (χ4n) is 4.31. The van der Waals surface area contributed by atoms with Crippen molar-refractivity contribution < 1.29 is 9.47 Å². The third-order valence-electron chi connectivity index (χ3n) is 6.04. The van der Waals surface area contributed by atoms with Gasteiger partial charge in [-0.1, -0.05) is 113 Å². The Kier molecular flexibility index (Phi) is 11.8. The molecule has 0 N–H and O–H groups in total. The predicted octanol–water partition coefficient (Wildman–Crippen LogP) is 7.61. The van der Waals surface area contributed by atoms with Gasteiger partial charge in [-0.05, 0) is 30.4 Å². The summed E-state index contributed by atoms with van der Waals surface area (Å²) in [4.78, 5) is 0. The topological polar surface area (TPSA) is 18.5 Å². The van der Waals surface area contributed by atoms with Crippen LogP contribution in [0.25, 0.3) is 0 Å². The molecule has 2 atom stereocenters. The lowest BCUT2D eigenvalue weighted by Gasteiger charge is -2.40. The summed E-state index contributed by atoms with van der Waals surface area (Å²) in [6.45, 7) is 5.17. The molecule has 2 aromatic carbocycles. The minimum atomic E-state index is -0.587. The summed E-state index contributed by atoms with van der Waals surface area (Å²) in [5.41, 5.74) is 2.64. The van der Waals surface area contributed by atoms with E-state index in [0.717, 1.165) is 32.3 Å². The Morgan fingerprint density at radius 1 is 0.733 bits per heavy atom. The van der Waals surface area contributed by atoms with Crippen LogP contribution >= 0.6 is 0 Å². The van der Waals surface area contributed by atoms with Crippen LogP contribution in [0.4, 0.5) is 0 Å². The van der Waals surface area contributed by atoms with Crippen LogP contribution in [0.2, 0.25) is 0 Å². The van der Waals surface area contributed by atoms with Crippen LogP contribution in [0.5, 0.6) is 0 Å². The molecular formula is C28H42O2. The highest BCUT2D eigenvalue weighted by Crippen LogP contribution is 2.35. The number of benzene rings is 2. The van der Waals surface area contributed by atoms with Crippen LogP contribution in [0.3, 0.4) is 0 Å². The molecule has 30 heavy (non-hydrogen) atoms. The second-order valence-electron chi connectivity index (χ2n) is 8.47. The van der Waals surface area contributed by atoms with Crippen LogP contribution in [0, 0.1) is 5.92 Å². The maximum atomic E-state index is 6.54. The lowest BCUT2D eigenvalue weighted by atomic mass is 9.83. The zero-order valence-corrected chi connectivity index (χ0v) is 19.4. The first-order chi connectivity index (χ1) is 14.7. The lowest BCUT2D eigenvalue weighted by molar-refractivity contribution is -0.255. The van der Waals surface area contributed by atoms with Crippen LogP contribution in [-0.4, -0.2) is 19.5 Å². The minimum absolute atomic E-state index is 0.322. The molecule has 0 spiro atoms. The first-order valence-corrected chi connectivity index (χ1v) is 12.0. The van der Waals surface area contributed by atoms with E-state index in [1.165, 1.54) is 49.7 Å².